The quantitative estimate of drug-likeness (QED) is 0.770. The SMILES string of the molecule is CC1CCC(CCNCC(C#N)C(F)(F)F)CC1. The normalized spacial score (nSPS) is 26.6. The average molecular weight is 262 g/mol. The molecule has 0 aromatic heterocycles. The molecule has 2 nitrogen and oxygen atoms in total. The van der Waals surface area contributed by atoms with Crippen molar-refractivity contribution in [3.05, 3.63) is 0 Å². The third-order valence-electron chi connectivity index (χ3n) is 3.76. The lowest BCUT2D eigenvalue weighted by molar-refractivity contribution is -0.157. The molecule has 1 aliphatic rings. The second-order valence-corrected chi connectivity index (χ2v) is 5.34. The number of rotatable bonds is 5. The van der Waals surface area contributed by atoms with Crippen LogP contribution in [0.15, 0.2) is 0 Å². The summed E-state index contributed by atoms with van der Waals surface area (Å²) >= 11 is 0. The zero-order valence-electron chi connectivity index (χ0n) is 10.8. The summed E-state index contributed by atoms with van der Waals surface area (Å²) in [4.78, 5) is 0. The van der Waals surface area contributed by atoms with Crippen molar-refractivity contribution in [2.45, 2.75) is 45.2 Å². The van der Waals surface area contributed by atoms with Crippen molar-refractivity contribution in [2.24, 2.45) is 17.8 Å². The zero-order valence-corrected chi connectivity index (χ0v) is 10.8. The molecule has 1 saturated carbocycles. The minimum Gasteiger partial charge on any atom is -0.315 e. The molecule has 0 radical (unpaired) electrons. The highest BCUT2D eigenvalue weighted by Gasteiger charge is 2.39. The molecule has 0 aromatic rings. The maximum Gasteiger partial charge on any atom is 0.405 e. The number of nitrogens with zero attached hydrogens (tertiary/aromatic N) is 1. The Labute approximate surface area is 107 Å². The number of hydrogen-bond donors (Lipinski definition) is 1. The smallest absolute Gasteiger partial charge is 0.315 e. The second-order valence-electron chi connectivity index (χ2n) is 5.34. The van der Waals surface area contributed by atoms with Gasteiger partial charge in [0.25, 0.3) is 0 Å². The van der Waals surface area contributed by atoms with Gasteiger partial charge >= 0.3 is 6.18 Å². The molecule has 1 aliphatic carbocycles. The van der Waals surface area contributed by atoms with Gasteiger partial charge < -0.3 is 5.32 Å². The summed E-state index contributed by atoms with van der Waals surface area (Å²) in [5.74, 6) is -0.452. The fourth-order valence-electron chi connectivity index (χ4n) is 2.40. The van der Waals surface area contributed by atoms with Crippen LogP contribution in [0.4, 0.5) is 13.2 Å². The Morgan fingerprint density at radius 1 is 1.28 bits per heavy atom. The predicted octanol–water partition coefficient (Wildman–Crippen LogP) is 3.49. The topological polar surface area (TPSA) is 35.8 Å². The third kappa shape index (κ3) is 5.26. The Bertz CT molecular complexity index is 275. The molecule has 0 aromatic carbocycles. The second kappa shape index (κ2) is 6.98. The molecule has 1 unspecified atom stereocenters. The Balaban J connectivity index is 2.13. The molecule has 1 atom stereocenters. The lowest BCUT2D eigenvalue weighted by Crippen LogP contribution is -2.33. The molecule has 1 rings (SSSR count). The number of halogens is 3. The molecule has 0 heterocycles. The van der Waals surface area contributed by atoms with E-state index in [4.69, 9.17) is 5.26 Å². The highest BCUT2D eigenvalue weighted by molar-refractivity contribution is 4.89. The van der Waals surface area contributed by atoms with E-state index in [2.05, 4.69) is 12.2 Å². The fourth-order valence-corrected chi connectivity index (χ4v) is 2.40. The first kappa shape index (κ1) is 15.3. The molecule has 104 valence electrons. The first-order valence-electron chi connectivity index (χ1n) is 6.60. The summed E-state index contributed by atoms with van der Waals surface area (Å²) < 4.78 is 36.8. The van der Waals surface area contributed by atoms with Crippen LogP contribution in [0.3, 0.4) is 0 Å². The van der Waals surface area contributed by atoms with E-state index in [0.29, 0.717) is 12.5 Å². The van der Waals surface area contributed by atoms with E-state index in [-0.39, 0.29) is 6.54 Å². The van der Waals surface area contributed by atoms with Crippen LogP contribution in [-0.2, 0) is 0 Å². The first-order chi connectivity index (χ1) is 8.43. The molecule has 0 spiro atoms. The maximum absolute atomic E-state index is 12.3. The number of alkyl halides is 3. The van der Waals surface area contributed by atoms with Crippen LogP contribution in [0.25, 0.3) is 0 Å². The zero-order chi connectivity index (χ0) is 13.6. The minimum atomic E-state index is -4.41. The summed E-state index contributed by atoms with van der Waals surface area (Å²) in [5, 5.41) is 11.2. The molecule has 5 heteroatoms. The van der Waals surface area contributed by atoms with E-state index in [1.165, 1.54) is 31.8 Å². The van der Waals surface area contributed by atoms with Gasteiger partial charge in [-0.3, -0.25) is 0 Å². The lowest BCUT2D eigenvalue weighted by atomic mass is 9.81. The van der Waals surface area contributed by atoms with Crippen LogP contribution >= 0.6 is 0 Å². The lowest BCUT2D eigenvalue weighted by Gasteiger charge is -2.26. The number of hydrogen-bond acceptors (Lipinski definition) is 2. The highest BCUT2D eigenvalue weighted by Crippen LogP contribution is 2.30. The molecular weight excluding hydrogens is 241 g/mol. The van der Waals surface area contributed by atoms with Crippen molar-refractivity contribution in [1.82, 2.24) is 5.32 Å². The van der Waals surface area contributed by atoms with E-state index < -0.39 is 12.1 Å². The summed E-state index contributed by atoms with van der Waals surface area (Å²) in [6.45, 7) is 2.53. The van der Waals surface area contributed by atoms with Gasteiger partial charge in [-0.05, 0) is 24.8 Å². The summed E-state index contributed by atoms with van der Waals surface area (Å²) in [6, 6.07) is 1.30. The molecule has 0 amide bonds. The van der Waals surface area contributed by atoms with E-state index in [0.717, 1.165) is 12.3 Å². The van der Waals surface area contributed by atoms with E-state index in [9.17, 15) is 13.2 Å². The van der Waals surface area contributed by atoms with Crippen LogP contribution in [0.5, 0.6) is 0 Å². The van der Waals surface area contributed by atoms with Crippen molar-refractivity contribution in [3.8, 4) is 6.07 Å². The van der Waals surface area contributed by atoms with Gasteiger partial charge in [-0.25, -0.2) is 0 Å². The van der Waals surface area contributed by atoms with Gasteiger partial charge in [0, 0.05) is 6.54 Å². The van der Waals surface area contributed by atoms with Gasteiger partial charge in [0.1, 0.15) is 0 Å². The van der Waals surface area contributed by atoms with Gasteiger partial charge in [0.05, 0.1) is 6.07 Å². The van der Waals surface area contributed by atoms with Crippen molar-refractivity contribution < 1.29 is 13.2 Å². The van der Waals surface area contributed by atoms with Crippen LogP contribution in [0.2, 0.25) is 0 Å². The maximum atomic E-state index is 12.3. The first-order valence-corrected chi connectivity index (χ1v) is 6.60. The van der Waals surface area contributed by atoms with Gasteiger partial charge in [0.2, 0.25) is 0 Å². The van der Waals surface area contributed by atoms with Crippen LogP contribution in [0, 0.1) is 29.1 Å². The number of nitrogens with one attached hydrogen (secondary N) is 1. The molecule has 18 heavy (non-hydrogen) atoms. The third-order valence-corrected chi connectivity index (χ3v) is 3.76. The van der Waals surface area contributed by atoms with Crippen molar-refractivity contribution in [2.75, 3.05) is 13.1 Å². The van der Waals surface area contributed by atoms with E-state index in [1.807, 2.05) is 0 Å². The fraction of sp³-hybridized carbons (Fsp3) is 0.923. The molecule has 1 N–H and O–H groups in total. The van der Waals surface area contributed by atoms with Gasteiger partial charge in [0.15, 0.2) is 5.92 Å². The molecule has 0 aliphatic heterocycles. The highest BCUT2D eigenvalue weighted by atomic mass is 19.4. The van der Waals surface area contributed by atoms with Crippen LogP contribution < -0.4 is 5.32 Å². The molecule has 0 saturated heterocycles. The van der Waals surface area contributed by atoms with E-state index in [1.54, 1.807) is 0 Å². The molecule has 0 bridgehead atoms. The van der Waals surface area contributed by atoms with Crippen LogP contribution in [0.1, 0.15) is 39.0 Å². The standard InChI is InChI=1S/C13H21F3N2/c1-10-2-4-11(5-3-10)6-7-18-9-12(8-17)13(14,15)16/h10-12,18H,2-7,9H2,1H3. The number of nitriles is 1. The van der Waals surface area contributed by atoms with Crippen molar-refractivity contribution in [1.29, 1.82) is 5.26 Å². The predicted molar refractivity (Wildman–Crippen MR) is 63.8 cm³/mol. The summed E-state index contributed by atoms with van der Waals surface area (Å²) in [7, 11) is 0. The Kier molecular flexibility index (Phi) is 5.94. The van der Waals surface area contributed by atoms with Gasteiger partial charge in [-0.15, -0.1) is 0 Å². The summed E-state index contributed by atoms with van der Waals surface area (Å²) in [5.41, 5.74) is 0. The van der Waals surface area contributed by atoms with Gasteiger partial charge in [-0.2, -0.15) is 18.4 Å². The Morgan fingerprint density at radius 3 is 2.39 bits per heavy atom. The monoisotopic (exact) mass is 262 g/mol. The Hall–Kier alpha value is -0.760. The average Bonchev–Trinajstić information content (AvgIpc) is 2.30. The van der Waals surface area contributed by atoms with Crippen LogP contribution in [-0.4, -0.2) is 19.3 Å². The summed E-state index contributed by atoms with van der Waals surface area (Å²) in [6.07, 6.45) is 1.33. The largest absolute Gasteiger partial charge is 0.405 e. The van der Waals surface area contributed by atoms with Gasteiger partial charge in [-0.1, -0.05) is 32.6 Å². The minimum absolute atomic E-state index is 0.289. The van der Waals surface area contributed by atoms with Crippen molar-refractivity contribution in [3.63, 3.8) is 0 Å². The molecular formula is C13H21F3N2. The van der Waals surface area contributed by atoms with E-state index >= 15 is 0 Å². The van der Waals surface area contributed by atoms with Crippen molar-refractivity contribution >= 4 is 0 Å². The Morgan fingerprint density at radius 2 is 1.89 bits per heavy atom. The molecule has 1 fully saturated rings.